The lowest BCUT2D eigenvalue weighted by Gasteiger charge is -2.11. The molecule has 1 aromatic carbocycles. The van der Waals surface area contributed by atoms with Crippen LogP contribution in [0.5, 0.6) is 0 Å². The van der Waals surface area contributed by atoms with Crippen molar-refractivity contribution in [2.45, 2.75) is 25.4 Å². The molecule has 100 valence electrons. The average molecular weight is 274 g/mol. The highest BCUT2D eigenvalue weighted by molar-refractivity contribution is 7.09. The molecule has 19 heavy (non-hydrogen) atoms. The second kappa shape index (κ2) is 7.07. The van der Waals surface area contributed by atoms with E-state index in [9.17, 15) is 4.79 Å². The first kappa shape index (κ1) is 13.8. The molecule has 0 aliphatic carbocycles. The van der Waals surface area contributed by atoms with E-state index in [2.05, 4.69) is 17.4 Å². The molecule has 3 nitrogen and oxygen atoms in total. The summed E-state index contributed by atoms with van der Waals surface area (Å²) in [5.41, 5.74) is 7.11. The topological polar surface area (TPSA) is 55.1 Å². The largest absolute Gasteiger partial charge is 0.350 e. The standard InChI is InChI=1S/C15H18N2OS/c16-14(9-8-12-5-2-1-3-6-12)15(18)17-11-13-7-4-10-19-13/h1-7,10,14H,8-9,11,16H2,(H,17,18)/t14-/m0/s1. The molecule has 0 radical (unpaired) electrons. The number of nitrogens with two attached hydrogens (primary N) is 1. The van der Waals surface area contributed by atoms with Crippen LogP contribution in [0.3, 0.4) is 0 Å². The van der Waals surface area contributed by atoms with Gasteiger partial charge in [0.25, 0.3) is 0 Å². The summed E-state index contributed by atoms with van der Waals surface area (Å²) in [7, 11) is 0. The fourth-order valence-corrected chi connectivity index (χ4v) is 2.46. The van der Waals surface area contributed by atoms with Gasteiger partial charge in [-0.25, -0.2) is 0 Å². The molecule has 0 unspecified atom stereocenters. The fraction of sp³-hybridized carbons (Fsp3) is 0.267. The lowest BCUT2D eigenvalue weighted by Crippen LogP contribution is -2.40. The maximum atomic E-state index is 11.8. The van der Waals surface area contributed by atoms with Crippen LogP contribution in [0.15, 0.2) is 47.8 Å². The normalized spacial score (nSPS) is 12.1. The van der Waals surface area contributed by atoms with Gasteiger partial charge in [0.05, 0.1) is 12.6 Å². The summed E-state index contributed by atoms with van der Waals surface area (Å²) in [6, 6.07) is 13.6. The second-order valence-electron chi connectivity index (χ2n) is 4.43. The number of hydrogen-bond donors (Lipinski definition) is 2. The second-order valence-corrected chi connectivity index (χ2v) is 5.46. The maximum absolute atomic E-state index is 11.8. The van der Waals surface area contributed by atoms with Crippen molar-refractivity contribution in [1.82, 2.24) is 5.32 Å². The van der Waals surface area contributed by atoms with Crippen molar-refractivity contribution >= 4 is 17.2 Å². The first-order valence-electron chi connectivity index (χ1n) is 6.35. The zero-order chi connectivity index (χ0) is 13.5. The van der Waals surface area contributed by atoms with Gasteiger partial charge in [0.2, 0.25) is 5.91 Å². The summed E-state index contributed by atoms with van der Waals surface area (Å²) in [6.07, 6.45) is 1.49. The molecule has 0 aliphatic rings. The molecule has 1 heterocycles. The molecule has 2 rings (SSSR count). The van der Waals surface area contributed by atoms with Crippen molar-refractivity contribution in [2.75, 3.05) is 0 Å². The van der Waals surface area contributed by atoms with Gasteiger partial charge in [0.1, 0.15) is 0 Å². The number of carbonyl (C=O) groups excluding carboxylic acids is 1. The van der Waals surface area contributed by atoms with Crippen molar-refractivity contribution < 1.29 is 4.79 Å². The molecule has 0 saturated carbocycles. The molecule has 1 atom stereocenters. The fourth-order valence-electron chi connectivity index (χ4n) is 1.82. The van der Waals surface area contributed by atoms with E-state index in [4.69, 9.17) is 5.73 Å². The molecule has 1 aromatic heterocycles. The summed E-state index contributed by atoms with van der Waals surface area (Å²) < 4.78 is 0. The smallest absolute Gasteiger partial charge is 0.237 e. The SMILES string of the molecule is N[C@@H](CCc1ccccc1)C(=O)NCc1cccs1. The minimum atomic E-state index is -0.444. The number of nitrogens with one attached hydrogen (secondary N) is 1. The Morgan fingerprint density at radius 1 is 1.21 bits per heavy atom. The molecule has 0 aliphatic heterocycles. The van der Waals surface area contributed by atoms with Crippen LogP contribution in [-0.4, -0.2) is 11.9 Å². The minimum Gasteiger partial charge on any atom is -0.350 e. The van der Waals surface area contributed by atoms with Crippen LogP contribution in [0, 0.1) is 0 Å². The summed E-state index contributed by atoms with van der Waals surface area (Å²) in [5, 5.41) is 4.86. The number of benzene rings is 1. The van der Waals surface area contributed by atoms with Gasteiger partial charge in [-0.3, -0.25) is 4.79 Å². The summed E-state index contributed by atoms with van der Waals surface area (Å²) in [6.45, 7) is 0.565. The predicted octanol–water partition coefficient (Wildman–Crippen LogP) is 2.32. The van der Waals surface area contributed by atoms with Crippen molar-refractivity contribution in [3.63, 3.8) is 0 Å². The van der Waals surface area contributed by atoms with Crippen LogP contribution in [-0.2, 0) is 17.8 Å². The average Bonchev–Trinajstić information content (AvgIpc) is 2.96. The third-order valence-electron chi connectivity index (χ3n) is 2.94. The van der Waals surface area contributed by atoms with E-state index in [1.165, 1.54) is 5.56 Å². The van der Waals surface area contributed by atoms with Gasteiger partial charge in [-0.2, -0.15) is 0 Å². The van der Waals surface area contributed by atoms with E-state index < -0.39 is 6.04 Å². The Hall–Kier alpha value is -1.65. The lowest BCUT2D eigenvalue weighted by molar-refractivity contribution is -0.122. The monoisotopic (exact) mass is 274 g/mol. The van der Waals surface area contributed by atoms with Crippen molar-refractivity contribution in [2.24, 2.45) is 5.73 Å². The third kappa shape index (κ3) is 4.50. The predicted molar refractivity (Wildman–Crippen MR) is 78.9 cm³/mol. The summed E-state index contributed by atoms with van der Waals surface area (Å²) in [5.74, 6) is -0.0793. The van der Waals surface area contributed by atoms with Crippen LogP contribution in [0.25, 0.3) is 0 Å². The minimum absolute atomic E-state index is 0.0793. The number of carbonyl (C=O) groups is 1. The zero-order valence-corrected chi connectivity index (χ0v) is 11.5. The molecule has 4 heteroatoms. The van der Waals surface area contributed by atoms with Gasteiger partial charge in [0.15, 0.2) is 0 Å². The Labute approximate surface area is 117 Å². The van der Waals surface area contributed by atoms with E-state index in [1.54, 1.807) is 11.3 Å². The van der Waals surface area contributed by atoms with Crippen LogP contribution in [0.1, 0.15) is 16.9 Å². The van der Waals surface area contributed by atoms with Gasteiger partial charge in [-0.05, 0) is 29.9 Å². The Morgan fingerprint density at radius 2 is 2.00 bits per heavy atom. The Kier molecular flexibility index (Phi) is 5.12. The van der Waals surface area contributed by atoms with E-state index in [-0.39, 0.29) is 5.91 Å². The van der Waals surface area contributed by atoms with Gasteiger partial charge in [-0.15, -0.1) is 11.3 Å². The highest BCUT2D eigenvalue weighted by Crippen LogP contribution is 2.08. The van der Waals surface area contributed by atoms with Crippen LogP contribution in [0.4, 0.5) is 0 Å². The molecule has 1 amide bonds. The first-order chi connectivity index (χ1) is 9.25. The summed E-state index contributed by atoms with van der Waals surface area (Å²) >= 11 is 1.63. The van der Waals surface area contributed by atoms with Gasteiger partial charge >= 0.3 is 0 Å². The zero-order valence-electron chi connectivity index (χ0n) is 10.7. The quantitative estimate of drug-likeness (QED) is 0.849. The molecule has 0 saturated heterocycles. The Bertz CT molecular complexity index is 496. The van der Waals surface area contributed by atoms with Crippen molar-refractivity contribution in [1.29, 1.82) is 0 Å². The highest BCUT2D eigenvalue weighted by atomic mass is 32.1. The van der Waals surface area contributed by atoms with Gasteiger partial charge in [-0.1, -0.05) is 36.4 Å². The summed E-state index contributed by atoms with van der Waals surface area (Å²) in [4.78, 5) is 13.0. The number of rotatable bonds is 6. The van der Waals surface area contributed by atoms with E-state index in [1.807, 2.05) is 35.7 Å². The molecule has 0 bridgehead atoms. The molecular formula is C15H18N2OS. The van der Waals surface area contributed by atoms with Gasteiger partial charge in [0, 0.05) is 4.88 Å². The first-order valence-corrected chi connectivity index (χ1v) is 7.23. The molecule has 0 fully saturated rings. The third-order valence-corrected chi connectivity index (χ3v) is 3.82. The van der Waals surface area contributed by atoms with Crippen LogP contribution >= 0.6 is 11.3 Å². The number of amides is 1. The highest BCUT2D eigenvalue weighted by Gasteiger charge is 2.12. The lowest BCUT2D eigenvalue weighted by atomic mass is 10.1. The molecule has 2 aromatic rings. The van der Waals surface area contributed by atoms with E-state index in [0.29, 0.717) is 13.0 Å². The Balaban J connectivity index is 1.73. The number of thiophene rings is 1. The van der Waals surface area contributed by atoms with E-state index >= 15 is 0 Å². The molecule has 0 spiro atoms. The van der Waals surface area contributed by atoms with Crippen LogP contribution in [0.2, 0.25) is 0 Å². The van der Waals surface area contributed by atoms with Gasteiger partial charge < -0.3 is 11.1 Å². The molecular weight excluding hydrogens is 256 g/mol. The van der Waals surface area contributed by atoms with E-state index in [0.717, 1.165) is 11.3 Å². The maximum Gasteiger partial charge on any atom is 0.237 e. The van der Waals surface area contributed by atoms with Crippen molar-refractivity contribution in [3.05, 3.63) is 58.3 Å². The Morgan fingerprint density at radius 3 is 2.68 bits per heavy atom. The molecule has 3 N–H and O–H groups in total. The van der Waals surface area contributed by atoms with Crippen LogP contribution < -0.4 is 11.1 Å². The van der Waals surface area contributed by atoms with Crippen molar-refractivity contribution in [3.8, 4) is 0 Å². The number of hydrogen-bond acceptors (Lipinski definition) is 3. The number of aryl methyl sites for hydroxylation is 1.